The van der Waals surface area contributed by atoms with E-state index in [0.29, 0.717) is 5.88 Å². The summed E-state index contributed by atoms with van der Waals surface area (Å²) in [6, 6.07) is 2.09. The zero-order valence-corrected chi connectivity index (χ0v) is 8.39. The molecule has 1 N–H and O–H groups in total. The molecule has 0 saturated heterocycles. The summed E-state index contributed by atoms with van der Waals surface area (Å²) in [5, 5.41) is 6.66. The van der Waals surface area contributed by atoms with E-state index in [1.54, 1.807) is 19.5 Å². The van der Waals surface area contributed by atoms with Crippen LogP contribution in [0.5, 0.6) is 11.9 Å². The first kappa shape index (κ1) is 9.45. The van der Waals surface area contributed by atoms with Gasteiger partial charge in [0.25, 0.3) is 0 Å². The highest BCUT2D eigenvalue weighted by atomic mass is 16.5. The molecule has 0 atom stereocenters. The molecule has 0 amide bonds. The van der Waals surface area contributed by atoms with Crippen LogP contribution in [-0.2, 0) is 0 Å². The lowest BCUT2D eigenvalue weighted by atomic mass is 10.2. The zero-order valence-electron chi connectivity index (χ0n) is 8.39. The molecule has 0 aromatic carbocycles. The monoisotopic (exact) mass is 206 g/mol. The highest BCUT2D eigenvalue weighted by molar-refractivity contribution is 5.63. The number of ether oxygens (including phenoxy) is 2. The third-order valence-corrected chi connectivity index (χ3v) is 1.90. The number of aromatic amines is 1. The molecule has 0 bridgehead atoms. The van der Waals surface area contributed by atoms with Crippen LogP contribution in [0.3, 0.4) is 0 Å². The van der Waals surface area contributed by atoms with Crippen LogP contribution in [0.25, 0.3) is 11.3 Å². The van der Waals surface area contributed by atoms with Crippen molar-refractivity contribution in [1.82, 2.24) is 20.2 Å². The van der Waals surface area contributed by atoms with Crippen molar-refractivity contribution in [3.63, 3.8) is 0 Å². The summed E-state index contributed by atoms with van der Waals surface area (Å²) in [6.07, 6.45) is 3.27. The Hall–Kier alpha value is -2.11. The fraction of sp³-hybridized carbons (Fsp3) is 0.222. The normalized spacial score (nSPS) is 10.0. The van der Waals surface area contributed by atoms with Gasteiger partial charge < -0.3 is 9.47 Å². The predicted octanol–water partition coefficient (Wildman–Crippen LogP) is 0.884. The Morgan fingerprint density at radius 2 is 2.13 bits per heavy atom. The summed E-state index contributed by atoms with van der Waals surface area (Å²) in [6.45, 7) is 0. The maximum absolute atomic E-state index is 5.13. The number of hydrogen-bond donors (Lipinski definition) is 1. The molecule has 6 nitrogen and oxygen atoms in total. The zero-order chi connectivity index (χ0) is 10.7. The standard InChI is InChI=1S/C9H10N4O2/c1-14-8-6(7-3-4-11-13-7)5-10-9(12-8)15-2/h3-5H,1-2H3,(H,11,13). The summed E-state index contributed by atoms with van der Waals surface area (Å²) in [7, 11) is 3.05. The van der Waals surface area contributed by atoms with E-state index in [2.05, 4.69) is 20.2 Å². The van der Waals surface area contributed by atoms with Crippen molar-refractivity contribution in [1.29, 1.82) is 0 Å². The Balaban J connectivity index is 2.48. The lowest BCUT2D eigenvalue weighted by Gasteiger charge is -2.05. The van der Waals surface area contributed by atoms with Gasteiger partial charge in [0.2, 0.25) is 5.88 Å². The first-order valence-corrected chi connectivity index (χ1v) is 4.30. The maximum atomic E-state index is 5.13. The van der Waals surface area contributed by atoms with Crippen molar-refractivity contribution in [3.8, 4) is 23.1 Å². The van der Waals surface area contributed by atoms with Crippen LogP contribution >= 0.6 is 0 Å². The van der Waals surface area contributed by atoms with E-state index in [0.717, 1.165) is 11.3 Å². The number of methoxy groups -OCH3 is 2. The molecule has 0 radical (unpaired) electrons. The molecule has 15 heavy (non-hydrogen) atoms. The molecule has 2 heterocycles. The Morgan fingerprint density at radius 3 is 2.73 bits per heavy atom. The second kappa shape index (κ2) is 3.95. The van der Waals surface area contributed by atoms with Crippen LogP contribution < -0.4 is 9.47 Å². The molecule has 2 rings (SSSR count). The van der Waals surface area contributed by atoms with Crippen molar-refractivity contribution >= 4 is 0 Å². The molecule has 0 aliphatic heterocycles. The third-order valence-electron chi connectivity index (χ3n) is 1.90. The number of nitrogens with one attached hydrogen (secondary N) is 1. The number of aromatic nitrogens is 4. The SMILES string of the molecule is COc1ncc(-c2ccn[nH]2)c(OC)n1. The molecule has 0 unspecified atom stereocenters. The van der Waals surface area contributed by atoms with Crippen LogP contribution in [0, 0.1) is 0 Å². The van der Waals surface area contributed by atoms with E-state index in [1.807, 2.05) is 6.07 Å². The van der Waals surface area contributed by atoms with Crippen LogP contribution in [0.15, 0.2) is 18.5 Å². The van der Waals surface area contributed by atoms with E-state index in [9.17, 15) is 0 Å². The Labute approximate surface area is 86.3 Å². The predicted molar refractivity (Wildman–Crippen MR) is 52.7 cm³/mol. The van der Waals surface area contributed by atoms with Crippen molar-refractivity contribution < 1.29 is 9.47 Å². The molecule has 0 aliphatic carbocycles. The van der Waals surface area contributed by atoms with Crippen molar-refractivity contribution in [2.45, 2.75) is 0 Å². The topological polar surface area (TPSA) is 72.9 Å². The molecule has 0 saturated carbocycles. The molecule has 0 spiro atoms. The molecule has 0 fully saturated rings. The Kier molecular flexibility index (Phi) is 2.49. The van der Waals surface area contributed by atoms with Gasteiger partial charge in [-0.15, -0.1) is 0 Å². The first-order chi connectivity index (χ1) is 7.35. The van der Waals surface area contributed by atoms with Gasteiger partial charge in [0.05, 0.1) is 25.5 Å². The molecular formula is C9H10N4O2. The van der Waals surface area contributed by atoms with Gasteiger partial charge >= 0.3 is 6.01 Å². The van der Waals surface area contributed by atoms with Crippen molar-refractivity contribution in [2.24, 2.45) is 0 Å². The lowest BCUT2D eigenvalue weighted by Crippen LogP contribution is -1.97. The Morgan fingerprint density at radius 1 is 1.27 bits per heavy atom. The molecule has 0 aliphatic rings. The minimum absolute atomic E-state index is 0.273. The van der Waals surface area contributed by atoms with Crippen LogP contribution in [0.1, 0.15) is 0 Å². The van der Waals surface area contributed by atoms with Gasteiger partial charge in [0, 0.05) is 12.4 Å². The number of hydrogen-bond acceptors (Lipinski definition) is 5. The van der Waals surface area contributed by atoms with Gasteiger partial charge in [-0.3, -0.25) is 5.10 Å². The van der Waals surface area contributed by atoms with Gasteiger partial charge in [-0.2, -0.15) is 10.1 Å². The average Bonchev–Trinajstić information content (AvgIpc) is 2.81. The second-order valence-corrected chi connectivity index (χ2v) is 2.75. The number of H-pyrrole nitrogens is 1. The van der Waals surface area contributed by atoms with Gasteiger partial charge in [-0.25, -0.2) is 4.98 Å². The molecule has 2 aromatic rings. The maximum Gasteiger partial charge on any atom is 0.319 e. The molecular weight excluding hydrogens is 196 g/mol. The summed E-state index contributed by atoms with van der Waals surface area (Å²) in [5.74, 6) is 0.450. The minimum Gasteiger partial charge on any atom is -0.480 e. The summed E-state index contributed by atoms with van der Waals surface area (Å²) in [5.41, 5.74) is 1.55. The van der Waals surface area contributed by atoms with Gasteiger partial charge in [0.1, 0.15) is 0 Å². The lowest BCUT2D eigenvalue weighted by molar-refractivity contribution is 0.353. The molecule has 6 heteroatoms. The summed E-state index contributed by atoms with van der Waals surface area (Å²) >= 11 is 0. The Bertz CT molecular complexity index is 441. The first-order valence-electron chi connectivity index (χ1n) is 4.30. The second-order valence-electron chi connectivity index (χ2n) is 2.75. The summed E-state index contributed by atoms with van der Waals surface area (Å²) in [4.78, 5) is 8.06. The van der Waals surface area contributed by atoms with E-state index >= 15 is 0 Å². The average molecular weight is 206 g/mol. The smallest absolute Gasteiger partial charge is 0.319 e. The van der Waals surface area contributed by atoms with Gasteiger partial charge in [-0.05, 0) is 6.07 Å². The van der Waals surface area contributed by atoms with E-state index in [-0.39, 0.29) is 6.01 Å². The van der Waals surface area contributed by atoms with Crippen LogP contribution in [0.4, 0.5) is 0 Å². The third kappa shape index (κ3) is 1.74. The quantitative estimate of drug-likeness (QED) is 0.807. The fourth-order valence-corrected chi connectivity index (χ4v) is 1.20. The minimum atomic E-state index is 0.273. The highest BCUT2D eigenvalue weighted by Crippen LogP contribution is 2.26. The fourth-order valence-electron chi connectivity index (χ4n) is 1.20. The van der Waals surface area contributed by atoms with Gasteiger partial charge in [-0.1, -0.05) is 0 Å². The molecule has 2 aromatic heterocycles. The highest BCUT2D eigenvalue weighted by Gasteiger charge is 2.10. The van der Waals surface area contributed by atoms with Crippen LogP contribution in [-0.4, -0.2) is 34.4 Å². The number of nitrogens with zero attached hydrogens (tertiary/aromatic N) is 3. The number of rotatable bonds is 3. The van der Waals surface area contributed by atoms with Crippen molar-refractivity contribution in [2.75, 3.05) is 14.2 Å². The van der Waals surface area contributed by atoms with Crippen molar-refractivity contribution in [3.05, 3.63) is 18.5 Å². The van der Waals surface area contributed by atoms with E-state index in [4.69, 9.17) is 9.47 Å². The van der Waals surface area contributed by atoms with E-state index in [1.165, 1.54) is 7.11 Å². The molecule has 78 valence electrons. The summed E-state index contributed by atoms with van der Waals surface area (Å²) < 4.78 is 10.0. The van der Waals surface area contributed by atoms with Crippen LogP contribution in [0.2, 0.25) is 0 Å². The van der Waals surface area contributed by atoms with Gasteiger partial charge in [0.15, 0.2) is 0 Å². The van der Waals surface area contributed by atoms with E-state index < -0.39 is 0 Å². The largest absolute Gasteiger partial charge is 0.480 e.